The molecule has 0 aliphatic rings. The molecule has 2 N–H and O–H groups in total. The van der Waals surface area contributed by atoms with Crippen molar-refractivity contribution < 1.29 is 0 Å². The Morgan fingerprint density at radius 3 is 2.71 bits per heavy atom. The van der Waals surface area contributed by atoms with E-state index >= 15 is 0 Å². The van der Waals surface area contributed by atoms with Crippen LogP contribution in [0.4, 0.5) is 5.69 Å². The summed E-state index contributed by atoms with van der Waals surface area (Å²) in [5, 5.41) is 0.638. The quantitative estimate of drug-likeness (QED) is 0.715. The number of hydrogen-bond donors (Lipinski definition) is 1. The summed E-state index contributed by atoms with van der Waals surface area (Å²) < 4.78 is 2.23. The number of nitrogens with zero attached hydrogens (tertiary/aromatic N) is 2. The van der Waals surface area contributed by atoms with Crippen LogP contribution in [0, 0.1) is 6.92 Å². The van der Waals surface area contributed by atoms with Gasteiger partial charge in [-0.1, -0.05) is 24.6 Å². The predicted octanol–water partition coefficient (Wildman–Crippen LogP) is 4.66. The van der Waals surface area contributed by atoms with Gasteiger partial charge in [0.05, 0.1) is 16.1 Å². The molecule has 3 aromatic rings. The van der Waals surface area contributed by atoms with Crippen molar-refractivity contribution in [3.8, 4) is 11.4 Å². The van der Waals surface area contributed by atoms with E-state index in [2.05, 4.69) is 36.6 Å². The molecule has 0 amide bonds. The van der Waals surface area contributed by atoms with Gasteiger partial charge in [0.15, 0.2) is 0 Å². The number of aromatic nitrogens is 2. The minimum atomic E-state index is 0.638. The summed E-state index contributed by atoms with van der Waals surface area (Å²) in [6.45, 7) is 5.15. The highest BCUT2D eigenvalue weighted by Crippen LogP contribution is 2.32. The lowest BCUT2D eigenvalue weighted by Gasteiger charge is -2.09. The minimum Gasteiger partial charge on any atom is -0.399 e. The minimum absolute atomic E-state index is 0.638. The van der Waals surface area contributed by atoms with Gasteiger partial charge >= 0.3 is 0 Å². The van der Waals surface area contributed by atoms with Gasteiger partial charge in [-0.05, 0) is 49.2 Å². The number of rotatable bonds is 3. The molecule has 0 saturated carbocycles. The molecular formula is C17H18ClN3. The van der Waals surface area contributed by atoms with Gasteiger partial charge in [-0.25, -0.2) is 4.98 Å². The molecule has 21 heavy (non-hydrogen) atoms. The van der Waals surface area contributed by atoms with Gasteiger partial charge in [-0.15, -0.1) is 0 Å². The van der Waals surface area contributed by atoms with Crippen molar-refractivity contribution in [2.75, 3.05) is 5.73 Å². The molecule has 108 valence electrons. The third-order valence-electron chi connectivity index (χ3n) is 3.58. The Hall–Kier alpha value is -2.00. The van der Waals surface area contributed by atoms with Crippen LogP contribution in [0.15, 0.2) is 36.4 Å². The number of benzene rings is 2. The van der Waals surface area contributed by atoms with Crippen molar-refractivity contribution in [2.24, 2.45) is 0 Å². The molecule has 0 saturated heterocycles. The van der Waals surface area contributed by atoms with E-state index in [-0.39, 0.29) is 0 Å². The highest BCUT2D eigenvalue weighted by Gasteiger charge is 2.14. The van der Waals surface area contributed by atoms with Crippen LogP contribution >= 0.6 is 11.6 Å². The van der Waals surface area contributed by atoms with Gasteiger partial charge in [0.1, 0.15) is 5.82 Å². The fraction of sp³-hybridized carbons (Fsp3) is 0.235. The number of nitrogens with two attached hydrogens (primary N) is 1. The molecule has 0 bridgehead atoms. The smallest absolute Gasteiger partial charge is 0.142 e. The van der Waals surface area contributed by atoms with E-state index in [1.807, 2.05) is 12.1 Å². The Kier molecular flexibility index (Phi) is 3.60. The molecule has 0 aliphatic heterocycles. The first-order chi connectivity index (χ1) is 10.1. The average Bonchev–Trinajstić information content (AvgIpc) is 2.77. The lowest BCUT2D eigenvalue weighted by Crippen LogP contribution is -2.00. The molecule has 1 aromatic heterocycles. The zero-order chi connectivity index (χ0) is 15.0. The predicted molar refractivity (Wildman–Crippen MR) is 89.6 cm³/mol. The molecule has 0 fully saturated rings. The third-order valence-corrected chi connectivity index (χ3v) is 3.90. The van der Waals surface area contributed by atoms with Crippen molar-refractivity contribution >= 4 is 28.3 Å². The molecule has 0 aliphatic carbocycles. The fourth-order valence-electron chi connectivity index (χ4n) is 2.61. The summed E-state index contributed by atoms with van der Waals surface area (Å²) in [6, 6.07) is 11.9. The Morgan fingerprint density at radius 1 is 1.19 bits per heavy atom. The summed E-state index contributed by atoms with van der Waals surface area (Å²) in [5.74, 6) is 0.905. The van der Waals surface area contributed by atoms with Crippen LogP contribution in [0.5, 0.6) is 0 Å². The zero-order valence-electron chi connectivity index (χ0n) is 12.2. The van der Waals surface area contributed by atoms with Crippen LogP contribution in [-0.2, 0) is 6.54 Å². The summed E-state index contributed by atoms with van der Waals surface area (Å²) >= 11 is 6.36. The van der Waals surface area contributed by atoms with Gasteiger partial charge in [0, 0.05) is 17.8 Å². The van der Waals surface area contributed by atoms with E-state index in [0.717, 1.165) is 35.4 Å². The first-order valence-electron chi connectivity index (χ1n) is 7.12. The van der Waals surface area contributed by atoms with E-state index in [0.29, 0.717) is 10.7 Å². The Balaban J connectivity index is 2.27. The topological polar surface area (TPSA) is 43.8 Å². The van der Waals surface area contributed by atoms with Crippen molar-refractivity contribution in [2.45, 2.75) is 26.8 Å². The molecule has 0 atom stereocenters. The highest BCUT2D eigenvalue weighted by atomic mass is 35.5. The number of halogens is 1. The largest absolute Gasteiger partial charge is 0.399 e. The standard InChI is InChI=1S/C17H18ClN3/c1-3-8-21-16-7-4-11(2)9-15(16)20-17(21)13-6-5-12(19)10-14(13)18/h4-7,9-10H,3,8,19H2,1-2H3. The monoisotopic (exact) mass is 299 g/mol. The lowest BCUT2D eigenvalue weighted by molar-refractivity contribution is 0.704. The van der Waals surface area contributed by atoms with Gasteiger partial charge in [-0.3, -0.25) is 0 Å². The van der Waals surface area contributed by atoms with Gasteiger partial charge in [0.25, 0.3) is 0 Å². The average molecular weight is 300 g/mol. The molecule has 3 nitrogen and oxygen atoms in total. The van der Waals surface area contributed by atoms with Gasteiger partial charge in [-0.2, -0.15) is 0 Å². The maximum atomic E-state index is 6.36. The summed E-state index contributed by atoms with van der Waals surface area (Å²) in [7, 11) is 0. The van der Waals surface area contributed by atoms with Gasteiger partial charge in [0.2, 0.25) is 0 Å². The summed E-state index contributed by atoms with van der Waals surface area (Å²) in [4.78, 5) is 4.79. The molecule has 1 heterocycles. The number of hydrogen-bond acceptors (Lipinski definition) is 2. The van der Waals surface area contributed by atoms with Crippen LogP contribution in [-0.4, -0.2) is 9.55 Å². The second-order valence-corrected chi connectivity index (χ2v) is 5.73. The molecule has 0 unspecified atom stereocenters. The number of imidazole rings is 1. The van der Waals surface area contributed by atoms with E-state index < -0.39 is 0 Å². The number of anilines is 1. The van der Waals surface area contributed by atoms with Crippen molar-refractivity contribution in [3.63, 3.8) is 0 Å². The van der Waals surface area contributed by atoms with Crippen molar-refractivity contribution in [3.05, 3.63) is 47.0 Å². The number of aryl methyl sites for hydroxylation is 2. The second kappa shape index (κ2) is 5.41. The van der Waals surface area contributed by atoms with Crippen LogP contribution in [0.25, 0.3) is 22.4 Å². The van der Waals surface area contributed by atoms with Crippen LogP contribution < -0.4 is 5.73 Å². The van der Waals surface area contributed by atoms with Crippen LogP contribution in [0.2, 0.25) is 5.02 Å². The fourth-order valence-corrected chi connectivity index (χ4v) is 2.88. The Labute approximate surface area is 129 Å². The molecule has 0 radical (unpaired) electrons. The molecule has 0 spiro atoms. The van der Waals surface area contributed by atoms with E-state index in [1.165, 1.54) is 5.56 Å². The molecule has 2 aromatic carbocycles. The molecular weight excluding hydrogens is 282 g/mol. The maximum Gasteiger partial charge on any atom is 0.142 e. The van der Waals surface area contributed by atoms with E-state index in [9.17, 15) is 0 Å². The first-order valence-corrected chi connectivity index (χ1v) is 7.50. The molecule has 4 heteroatoms. The van der Waals surface area contributed by atoms with E-state index in [4.69, 9.17) is 22.3 Å². The lowest BCUT2D eigenvalue weighted by atomic mass is 10.2. The zero-order valence-corrected chi connectivity index (χ0v) is 13.0. The van der Waals surface area contributed by atoms with Crippen molar-refractivity contribution in [1.82, 2.24) is 9.55 Å². The Morgan fingerprint density at radius 2 is 2.00 bits per heavy atom. The second-order valence-electron chi connectivity index (χ2n) is 5.32. The van der Waals surface area contributed by atoms with Crippen molar-refractivity contribution in [1.29, 1.82) is 0 Å². The highest BCUT2D eigenvalue weighted by molar-refractivity contribution is 6.33. The van der Waals surface area contributed by atoms with Crippen LogP contribution in [0.3, 0.4) is 0 Å². The normalized spacial score (nSPS) is 11.2. The SMILES string of the molecule is CCCn1c(-c2ccc(N)cc2Cl)nc2cc(C)ccc21. The summed E-state index contributed by atoms with van der Waals surface area (Å²) in [6.07, 6.45) is 1.04. The summed E-state index contributed by atoms with van der Waals surface area (Å²) in [5.41, 5.74) is 10.7. The van der Waals surface area contributed by atoms with Crippen LogP contribution in [0.1, 0.15) is 18.9 Å². The van der Waals surface area contributed by atoms with E-state index in [1.54, 1.807) is 6.07 Å². The first kappa shape index (κ1) is 14.0. The third kappa shape index (κ3) is 2.49. The number of nitrogen functional groups attached to an aromatic ring is 1. The molecule has 3 rings (SSSR count). The maximum absolute atomic E-state index is 6.36. The number of fused-ring (bicyclic) bond motifs is 1. The Bertz CT molecular complexity index is 805. The van der Waals surface area contributed by atoms with Gasteiger partial charge < -0.3 is 10.3 Å².